The molecule has 0 unspecified atom stereocenters. The number of aromatic nitrogens is 2. The van der Waals surface area contributed by atoms with E-state index in [0.717, 1.165) is 17.5 Å². The Morgan fingerprint density at radius 3 is 2.10 bits per heavy atom. The van der Waals surface area contributed by atoms with Gasteiger partial charge < -0.3 is 19.1 Å². The standard InChI is InChI=1S/C24H26FN3O3/c1-24(2,17-4-8-19(29-3)9-5-17)18-6-10-20(11-7-18)31-22-21(25)16-26-23(27-22)28-12-14-30-15-13-28/h4-11,16H,12-15H2,1-3H3. The van der Waals surface area contributed by atoms with E-state index in [1.807, 2.05) is 41.3 Å². The molecule has 4 rings (SSSR count). The van der Waals surface area contributed by atoms with Gasteiger partial charge in [0.25, 0.3) is 5.88 Å². The highest BCUT2D eigenvalue weighted by Gasteiger charge is 2.23. The van der Waals surface area contributed by atoms with Crippen LogP contribution < -0.4 is 14.4 Å². The Balaban J connectivity index is 1.51. The summed E-state index contributed by atoms with van der Waals surface area (Å²) in [6.45, 7) is 6.85. The van der Waals surface area contributed by atoms with Crippen molar-refractivity contribution in [3.63, 3.8) is 0 Å². The molecule has 3 aromatic rings. The van der Waals surface area contributed by atoms with E-state index < -0.39 is 5.82 Å². The highest BCUT2D eigenvalue weighted by molar-refractivity contribution is 5.43. The molecule has 1 fully saturated rings. The molecule has 0 bridgehead atoms. The van der Waals surface area contributed by atoms with Crippen molar-refractivity contribution in [3.05, 3.63) is 71.7 Å². The van der Waals surface area contributed by atoms with Crippen LogP contribution >= 0.6 is 0 Å². The zero-order valence-electron chi connectivity index (χ0n) is 18.0. The van der Waals surface area contributed by atoms with Gasteiger partial charge in [0.2, 0.25) is 11.8 Å². The third-order valence-corrected chi connectivity index (χ3v) is 5.60. The zero-order valence-corrected chi connectivity index (χ0v) is 18.0. The molecule has 2 aromatic carbocycles. The summed E-state index contributed by atoms with van der Waals surface area (Å²) in [6.07, 6.45) is 1.15. The van der Waals surface area contributed by atoms with Gasteiger partial charge in [-0.15, -0.1) is 0 Å². The van der Waals surface area contributed by atoms with Crippen molar-refractivity contribution >= 4 is 5.95 Å². The van der Waals surface area contributed by atoms with Crippen LogP contribution in [0.15, 0.2) is 54.7 Å². The minimum absolute atomic E-state index is 0.0846. The van der Waals surface area contributed by atoms with Gasteiger partial charge in [0, 0.05) is 18.5 Å². The fraction of sp³-hybridized carbons (Fsp3) is 0.333. The number of halogens is 1. The Kier molecular flexibility index (Phi) is 6.04. The molecule has 1 aliphatic heterocycles. The molecule has 0 N–H and O–H groups in total. The van der Waals surface area contributed by atoms with Crippen molar-refractivity contribution in [2.75, 3.05) is 38.3 Å². The van der Waals surface area contributed by atoms with Crippen LogP contribution in [-0.2, 0) is 10.2 Å². The van der Waals surface area contributed by atoms with Crippen molar-refractivity contribution in [2.24, 2.45) is 0 Å². The van der Waals surface area contributed by atoms with E-state index in [2.05, 4.69) is 35.9 Å². The third-order valence-electron chi connectivity index (χ3n) is 5.60. The molecule has 1 saturated heterocycles. The van der Waals surface area contributed by atoms with Gasteiger partial charge >= 0.3 is 0 Å². The number of rotatable bonds is 6. The van der Waals surface area contributed by atoms with Gasteiger partial charge in [-0.25, -0.2) is 4.98 Å². The van der Waals surface area contributed by atoms with Crippen LogP contribution in [-0.4, -0.2) is 43.4 Å². The second-order valence-electron chi connectivity index (χ2n) is 7.90. The van der Waals surface area contributed by atoms with Crippen molar-refractivity contribution in [3.8, 4) is 17.4 Å². The van der Waals surface area contributed by atoms with Crippen LogP contribution in [0, 0.1) is 5.82 Å². The summed E-state index contributed by atoms with van der Waals surface area (Å²) in [5, 5.41) is 0. The van der Waals surface area contributed by atoms with Crippen LogP contribution in [0.1, 0.15) is 25.0 Å². The Hall–Kier alpha value is -3.19. The molecule has 0 atom stereocenters. The van der Waals surface area contributed by atoms with Gasteiger partial charge in [-0.3, -0.25) is 0 Å². The number of hydrogen-bond donors (Lipinski definition) is 0. The molecule has 7 heteroatoms. The highest BCUT2D eigenvalue weighted by atomic mass is 19.1. The summed E-state index contributed by atoms with van der Waals surface area (Å²) in [4.78, 5) is 10.3. The zero-order chi connectivity index (χ0) is 21.8. The number of morpholine rings is 1. The first-order valence-corrected chi connectivity index (χ1v) is 10.3. The molecule has 162 valence electrons. The van der Waals surface area contributed by atoms with Gasteiger partial charge in [0.05, 0.1) is 26.5 Å². The number of anilines is 1. The van der Waals surface area contributed by atoms with Crippen molar-refractivity contribution in [1.29, 1.82) is 0 Å². The normalized spacial score (nSPS) is 14.4. The van der Waals surface area contributed by atoms with Crippen molar-refractivity contribution in [1.82, 2.24) is 9.97 Å². The maximum Gasteiger partial charge on any atom is 0.260 e. The molecule has 1 aliphatic rings. The van der Waals surface area contributed by atoms with Crippen LogP contribution in [0.3, 0.4) is 0 Å². The summed E-state index contributed by atoms with van der Waals surface area (Å²) >= 11 is 0. The van der Waals surface area contributed by atoms with Gasteiger partial charge in [-0.1, -0.05) is 38.1 Å². The molecular formula is C24H26FN3O3. The molecule has 2 heterocycles. The van der Waals surface area contributed by atoms with E-state index in [1.54, 1.807) is 7.11 Å². The lowest BCUT2D eigenvalue weighted by atomic mass is 9.78. The lowest BCUT2D eigenvalue weighted by Gasteiger charge is -2.27. The van der Waals surface area contributed by atoms with E-state index in [-0.39, 0.29) is 11.3 Å². The van der Waals surface area contributed by atoms with Crippen LogP contribution in [0.4, 0.5) is 10.3 Å². The maximum absolute atomic E-state index is 14.3. The fourth-order valence-electron chi connectivity index (χ4n) is 3.56. The van der Waals surface area contributed by atoms with E-state index >= 15 is 0 Å². The number of benzene rings is 2. The first-order valence-electron chi connectivity index (χ1n) is 10.3. The first kappa shape index (κ1) is 21.1. The van der Waals surface area contributed by atoms with E-state index in [9.17, 15) is 4.39 Å². The summed E-state index contributed by atoms with van der Waals surface area (Å²) in [5.41, 5.74) is 2.07. The maximum atomic E-state index is 14.3. The summed E-state index contributed by atoms with van der Waals surface area (Å²) in [7, 11) is 1.66. The van der Waals surface area contributed by atoms with Gasteiger partial charge in [-0.05, 0) is 35.4 Å². The predicted octanol–water partition coefficient (Wildman–Crippen LogP) is 4.58. The van der Waals surface area contributed by atoms with Crippen LogP contribution in [0.5, 0.6) is 17.4 Å². The molecule has 0 saturated carbocycles. The smallest absolute Gasteiger partial charge is 0.260 e. The monoisotopic (exact) mass is 423 g/mol. The number of hydrogen-bond acceptors (Lipinski definition) is 6. The molecular weight excluding hydrogens is 397 g/mol. The minimum Gasteiger partial charge on any atom is -0.497 e. The molecule has 31 heavy (non-hydrogen) atoms. The lowest BCUT2D eigenvalue weighted by molar-refractivity contribution is 0.122. The van der Waals surface area contributed by atoms with Crippen LogP contribution in [0.25, 0.3) is 0 Å². The molecule has 1 aromatic heterocycles. The molecule has 0 aliphatic carbocycles. The quantitative estimate of drug-likeness (QED) is 0.579. The highest BCUT2D eigenvalue weighted by Crippen LogP contribution is 2.34. The van der Waals surface area contributed by atoms with Gasteiger partial charge in [0.15, 0.2) is 0 Å². The summed E-state index contributed by atoms with van der Waals surface area (Å²) in [6, 6.07) is 15.7. The molecule has 0 amide bonds. The first-order chi connectivity index (χ1) is 15.0. The van der Waals surface area contributed by atoms with Crippen molar-refractivity contribution < 1.29 is 18.6 Å². The van der Waals surface area contributed by atoms with Crippen LogP contribution in [0.2, 0.25) is 0 Å². The van der Waals surface area contributed by atoms with Gasteiger partial charge in [0.1, 0.15) is 11.5 Å². The van der Waals surface area contributed by atoms with Gasteiger partial charge in [-0.2, -0.15) is 9.37 Å². The molecule has 0 spiro atoms. The molecule has 6 nitrogen and oxygen atoms in total. The second kappa shape index (κ2) is 8.89. The van der Waals surface area contributed by atoms with E-state index in [1.165, 1.54) is 5.56 Å². The Bertz CT molecular complexity index is 1020. The Labute approximate surface area is 181 Å². The predicted molar refractivity (Wildman–Crippen MR) is 117 cm³/mol. The number of nitrogens with zero attached hydrogens (tertiary/aromatic N) is 3. The minimum atomic E-state index is -0.598. The fourth-order valence-corrected chi connectivity index (χ4v) is 3.56. The average molecular weight is 423 g/mol. The molecule has 0 radical (unpaired) electrons. The van der Waals surface area contributed by atoms with E-state index in [4.69, 9.17) is 14.2 Å². The Morgan fingerprint density at radius 2 is 1.52 bits per heavy atom. The van der Waals surface area contributed by atoms with Crippen molar-refractivity contribution in [2.45, 2.75) is 19.3 Å². The average Bonchev–Trinajstić information content (AvgIpc) is 2.81. The summed E-state index contributed by atoms with van der Waals surface area (Å²) in [5.74, 6) is 1.10. The van der Waals surface area contributed by atoms with E-state index in [0.29, 0.717) is 38.0 Å². The number of methoxy groups -OCH3 is 1. The third kappa shape index (κ3) is 4.61. The SMILES string of the molecule is COc1ccc(C(C)(C)c2ccc(Oc3nc(N4CCOCC4)ncc3F)cc2)cc1. The topological polar surface area (TPSA) is 56.7 Å². The largest absolute Gasteiger partial charge is 0.497 e. The Morgan fingerprint density at radius 1 is 0.935 bits per heavy atom. The lowest BCUT2D eigenvalue weighted by Crippen LogP contribution is -2.37. The second-order valence-corrected chi connectivity index (χ2v) is 7.90. The number of ether oxygens (including phenoxy) is 3. The summed E-state index contributed by atoms with van der Waals surface area (Å²) < 4.78 is 30.6.